The van der Waals surface area contributed by atoms with E-state index in [0.29, 0.717) is 41.4 Å². The molecule has 2 N–H and O–H groups in total. The largest absolute Gasteiger partial charge is 0.439 e. The molecular weight excluding hydrogens is 420 g/mol. The first-order chi connectivity index (χ1) is 15.2. The smallest absolute Gasteiger partial charge is 0.331 e. The first-order valence-electron chi connectivity index (χ1n) is 9.96. The lowest BCUT2D eigenvalue weighted by molar-refractivity contribution is 0.254. The third-order valence-corrected chi connectivity index (χ3v) is 5.88. The second-order valence-electron chi connectivity index (χ2n) is 7.63. The van der Waals surface area contributed by atoms with Crippen LogP contribution in [0.5, 0.6) is 11.6 Å². The van der Waals surface area contributed by atoms with E-state index >= 15 is 0 Å². The average Bonchev–Trinajstić information content (AvgIpc) is 3.18. The summed E-state index contributed by atoms with van der Waals surface area (Å²) in [7, 11) is 0. The Balaban J connectivity index is 1.24. The normalized spacial score (nSPS) is 15.3. The number of carbonyl (C=O) groups excluding carboxylic acids is 1. The van der Waals surface area contributed by atoms with Gasteiger partial charge in [0.05, 0.1) is 16.8 Å². The molecule has 0 bridgehead atoms. The van der Waals surface area contributed by atoms with E-state index in [1.54, 1.807) is 12.3 Å². The molecule has 1 aromatic carbocycles. The van der Waals surface area contributed by atoms with Crippen LogP contribution in [0.15, 0.2) is 41.3 Å². The Morgan fingerprint density at radius 3 is 3.03 bits per heavy atom. The van der Waals surface area contributed by atoms with Crippen molar-refractivity contribution in [2.45, 2.75) is 31.8 Å². The summed E-state index contributed by atoms with van der Waals surface area (Å²) in [6.45, 7) is 1.39. The van der Waals surface area contributed by atoms with Crippen LogP contribution in [0.25, 0.3) is 10.9 Å². The van der Waals surface area contributed by atoms with E-state index in [4.69, 9.17) is 20.9 Å². The number of carbonyl (C=O) groups is 1. The zero-order valence-corrected chi connectivity index (χ0v) is 17.0. The molecule has 0 spiro atoms. The van der Waals surface area contributed by atoms with Gasteiger partial charge < -0.3 is 14.6 Å². The minimum atomic E-state index is -0.374. The zero-order valence-electron chi connectivity index (χ0n) is 16.3. The molecule has 4 heterocycles. The van der Waals surface area contributed by atoms with Gasteiger partial charge >= 0.3 is 6.03 Å². The molecule has 156 valence electrons. The Hall–Kier alpha value is -3.43. The molecule has 4 aromatic rings. The molecule has 1 aliphatic carbocycles. The lowest BCUT2D eigenvalue weighted by Crippen LogP contribution is -2.18. The van der Waals surface area contributed by atoms with Crippen molar-refractivity contribution in [1.82, 2.24) is 25.0 Å². The summed E-state index contributed by atoms with van der Waals surface area (Å²) in [5.41, 5.74) is 2.64. The van der Waals surface area contributed by atoms with Crippen molar-refractivity contribution in [2.24, 2.45) is 0 Å². The fourth-order valence-electron chi connectivity index (χ4n) is 3.76. The van der Waals surface area contributed by atoms with E-state index in [2.05, 4.69) is 25.8 Å². The average molecular weight is 437 g/mol. The summed E-state index contributed by atoms with van der Waals surface area (Å²) in [5.74, 6) is 2.36. The fourth-order valence-corrected chi connectivity index (χ4v) is 4.03. The molecule has 10 heteroatoms. The van der Waals surface area contributed by atoms with Gasteiger partial charge in [-0.3, -0.25) is 9.88 Å². The van der Waals surface area contributed by atoms with Gasteiger partial charge in [0.25, 0.3) is 0 Å². The molecule has 1 saturated carbocycles. The second-order valence-corrected chi connectivity index (χ2v) is 8.01. The summed E-state index contributed by atoms with van der Waals surface area (Å²) in [6, 6.07) is 6.96. The quantitative estimate of drug-likeness (QED) is 0.487. The number of aromatic nitrogens is 4. The summed E-state index contributed by atoms with van der Waals surface area (Å²) in [5, 5.41) is 11.1. The van der Waals surface area contributed by atoms with E-state index in [1.807, 2.05) is 18.2 Å². The first-order valence-corrected chi connectivity index (χ1v) is 10.3. The van der Waals surface area contributed by atoms with Gasteiger partial charge in [0.15, 0.2) is 11.6 Å². The molecule has 1 fully saturated rings. The standard InChI is InChI=1S/C21H17ClN6O3/c22-17-18(11-1-2-11)31-27-19(17)26-21(29)28-6-5-12-7-13(3-4-16(12)28)30-20-14-8-23-9-15(14)24-10-25-20/h3-7,10-11,23H,1-2,8-9H2,(H,26,27,29). The molecule has 6 rings (SSSR count). The molecule has 0 saturated heterocycles. The summed E-state index contributed by atoms with van der Waals surface area (Å²) >= 11 is 6.31. The lowest BCUT2D eigenvalue weighted by Gasteiger charge is -2.09. The maximum Gasteiger partial charge on any atom is 0.331 e. The van der Waals surface area contributed by atoms with Gasteiger partial charge in [-0.2, -0.15) is 0 Å². The maximum atomic E-state index is 12.8. The van der Waals surface area contributed by atoms with Crippen molar-refractivity contribution in [1.29, 1.82) is 0 Å². The van der Waals surface area contributed by atoms with Gasteiger partial charge in [-0.15, -0.1) is 0 Å². The van der Waals surface area contributed by atoms with Crippen LogP contribution in [0.4, 0.5) is 10.6 Å². The molecule has 0 unspecified atom stereocenters. The molecule has 1 amide bonds. The maximum absolute atomic E-state index is 12.8. The van der Waals surface area contributed by atoms with Crippen molar-refractivity contribution >= 4 is 34.4 Å². The van der Waals surface area contributed by atoms with Gasteiger partial charge in [-0.1, -0.05) is 16.8 Å². The van der Waals surface area contributed by atoms with Crippen molar-refractivity contribution in [3.05, 3.63) is 58.8 Å². The highest BCUT2D eigenvalue weighted by atomic mass is 35.5. The van der Waals surface area contributed by atoms with Gasteiger partial charge in [0, 0.05) is 30.6 Å². The SMILES string of the molecule is O=C(Nc1noc(C2CC2)c1Cl)n1ccc2cc(Oc3ncnc4c3CNC4)ccc21. The van der Waals surface area contributed by atoms with Gasteiger partial charge in [-0.05, 0) is 37.1 Å². The number of nitrogens with zero attached hydrogens (tertiary/aromatic N) is 4. The predicted octanol–water partition coefficient (Wildman–Crippen LogP) is 4.43. The number of fused-ring (bicyclic) bond motifs is 2. The number of amides is 1. The van der Waals surface area contributed by atoms with E-state index in [1.165, 1.54) is 10.9 Å². The first kappa shape index (κ1) is 18.3. The number of halogens is 1. The third kappa shape index (κ3) is 3.22. The molecule has 0 radical (unpaired) electrons. The number of hydrogen-bond acceptors (Lipinski definition) is 7. The lowest BCUT2D eigenvalue weighted by atomic mass is 10.2. The molecular formula is C21H17ClN6O3. The molecule has 0 atom stereocenters. The Morgan fingerprint density at radius 1 is 1.26 bits per heavy atom. The molecule has 1 aliphatic heterocycles. The highest BCUT2D eigenvalue weighted by molar-refractivity contribution is 6.34. The van der Waals surface area contributed by atoms with Crippen LogP contribution >= 0.6 is 11.6 Å². The Bertz CT molecular complexity index is 1330. The number of hydrogen-bond donors (Lipinski definition) is 2. The summed E-state index contributed by atoms with van der Waals surface area (Å²) in [6.07, 6.45) is 5.25. The highest BCUT2D eigenvalue weighted by Crippen LogP contribution is 2.45. The number of anilines is 1. The Morgan fingerprint density at radius 2 is 2.16 bits per heavy atom. The minimum absolute atomic E-state index is 0.238. The second kappa shape index (κ2) is 7.07. The number of benzene rings is 1. The molecule has 9 nitrogen and oxygen atoms in total. The van der Waals surface area contributed by atoms with E-state index in [9.17, 15) is 4.79 Å². The van der Waals surface area contributed by atoms with Gasteiger partial charge in [0.2, 0.25) is 5.88 Å². The molecule has 2 aliphatic rings. The summed E-state index contributed by atoms with van der Waals surface area (Å²) in [4.78, 5) is 21.3. The Kier molecular flexibility index (Phi) is 4.18. The zero-order chi connectivity index (χ0) is 20.9. The number of ether oxygens (including phenoxy) is 1. The van der Waals surface area contributed by atoms with Crippen LogP contribution in [0.1, 0.15) is 35.8 Å². The van der Waals surface area contributed by atoms with E-state index in [-0.39, 0.29) is 11.8 Å². The van der Waals surface area contributed by atoms with Crippen molar-refractivity contribution in [2.75, 3.05) is 5.32 Å². The van der Waals surface area contributed by atoms with E-state index in [0.717, 1.165) is 35.0 Å². The summed E-state index contributed by atoms with van der Waals surface area (Å²) < 4.78 is 12.8. The van der Waals surface area contributed by atoms with Gasteiger partial charge in [0.1, 0.15) is 17.1 Å². The van der Waals surface area contributed by atoms with Crippen LogP contribution in [0.2, 0.25) is 5.02 Å². The topological polar surface area (TPSA) is 107 Å². The molecule has 31 heavy (non-hydrogen) atoms. The highest BCUT2D eigenvalue weighted by Gasteiger charge is 2.32. The predicted molar refractivity (Wildman–Crippen MR) is 112 cm³/mol. The van der Waals surface area contributed by atoms with Crippen molar-refractivity contribution in [3.8, 4) is 11.6 Å². The van der Waals surface area contributed by atoms with Crippen molar-refractivity contribution < 1.29 is 14.1 Å². The fraction of sp³-hybridized carbons (Fsp3) is 0.238. The molecule has 3 aromatic heterocycles. The van der Waals surface area contributed by atoms with Crippen LogP contribution in [-0.2, 0) is 13.1 Å². The monoisotopic (exact) mass is 436 g/mol. The van der Waals surface area contributed by atoms with Gasteiger partial charge in [-0.25, -0.2) is 14.8 Å². The minimum Gasteiger partial charge on any atom is -0.439 e. The number of nitrogens with one attached hydrogen (secondary N) is 2. The van der Waals surface area contributed by atoms with E-state index < -0.39 is 0 Å². The van der Waals surface area contributed by atoms with Crippen LogP contribution in [0, 0.1) is 0 Å². The third-order valence-electron chi connectivity index (χ3n) is 5.52. The number of rotatable bonds is 4. The Labute approximate surface area is 181 Å². The van der Waals surface area contributed by atoms with Crippen LogP contribution in [0.3, 0.4) is 0 Å². The van der Waals surface area contributed by atoms with Crippen LogP contribution in [-0.4, -0.2) is 25.7 Å². The van der Waals surface area contributed by atoms with Crippen LogP contribution < -0.4 is 15.4 Å². The van der Waals surface area contributed by atoms with Crippen molar-refractivity contribution in [3.63, 3.8) is 0 Å².